The number of aryl methyl sites for hydroxylation is 1. The zero-order chi connectivity index (χ0) is 12.8. The normalized spacial score (nSPS) is 16.9. The van der Waals surface area contributed by atoms with Gasteiger partial charge in [0.1, 0.15) is 0 Å². The van der Waals surface area contributed by atoms with Crippen LogP contribution in [-0.2, 0) is 11.2 Å². The lowest BCUT2D eigenvalue weighted by Gasteiger charge is -2.41. The number of hydrogen-bond donors (Lipinski definition) is 2. The lowest BCUT2D eigenvalue weighted by Crippen LogP contribution is -2.56. The van der Waals surface area contributed by atoms with E-state index in [4.69, 9.17) is 0 Å². The summed E-state index contributed by atoms with van der Waals surface area (Å²) in [5.74, 6) is 0.0691. The standard InChI is InChI=1S/C15H21NO2/c17-12-15(10-5-11-15)16-14(18)9-4-8-13-6-2-1-3-7-13/h1-3,6-7,17H,4-5,8-12H2,(H,16,18). The third-order valence-electron chi connectivity index (χ3n) is 3.73. The molecule has 3 nitrogen and oxygen atoms in total. The molecule has 1 fully saturated rings. The van der Waals surface area contributed by atoms with Gasteiger partial charge in [0.15, 0.2) is 0 Å². The molecule has 1 aliphatic carbocycles. The summed E-state index contributed by atoms with van der Waals surface area (Å²) in [6.07, 6.45) is 5.25. The third kappa shape index (κ3) is 3.33. The molecule has 1 aliphatic rings. The topological polar surface area (TPSA) is 49.3 Å². The minimum Gasteiger partial charge on any atom is -0.394 e. The summed E-state index contributed by atoms with van der Waals surface area (Å²) in [4.78, 5) is 11.8. The predicted octanol–water partition coefficient (Wildman–Crippen LogP) is 2.04. The Morgan fingerprint density at radius 1 is 1.28 bits per heavy atom. The molecule has 0 bridgehead atoms. The highest BCUT2D eigenvalue weighted by Crippen LogP contribution is 2.31. The molecule has 0 aliphatic heterocycles. The van der Waals surface area contributed by atoms with Crippen molar-refractivity contribution in [2.75, 3.05) is 6.61 Å². The van der Waals surface area contributed by atoms with Gasteiger partial charge in [0.05, 0.1) is 12.1 Å². The number of amides is 1. The van der Waals surface area contributed by atoms with Crippen LogP contribution in [0, 0.1) is 0 Å². The Labute approximate surface area is 108 Å². The van der Waals surface area contributed by atoms with E-state index < -0.39 is 0 Å². The number of carbonyl (C=O) groups is 1. The zero-order valence-electron chi connectivity index (χ0n) is 10.7. The molecule has 1 aromatic carbocycles. The summed E-state index contributed by atoms with van der Waals surface area (Å²) in [7, 11) is 0. The monoisotopic (exact) mass is 247 g/mol. The van der Waals surface area contributed by atoms with Gasteiger partial charge >= 0.3 is 0 Å². The summed E-state index contributed by atoms with van der Waals surface area (Å²) in [6.45, 7) is 0.0669. The molecule has 0 saturated heterocycles. The highest BCUT2D eigenvalue weighted by atomic mass is 16.3. The van der Waals surface area contributed by atoms with Gasteiger partial charge in [-0.2, -0.15) is 0 Å². The summed E-state index contributed by atoms with van der Waals surface area (Å²) in [6, 6.07) is 10.2. The first-order chi connectivity index (χ1) is 8.74. The largest absolute Gasteiger partial charge is 0.394 e. The average molecular weight is 247 g/mol. The molecule has 0 unspecified atom stereocenters. The molecule has 1 aromatic rings. The maximum Gasteiger partial charge on any atom is 0.220 e. The van der Waals surface area contributed by atoms with Crippen molar-refractivity contribution >= 4 is 5.91 Å². The second kappa shape index (κ2) is 6.01. The Balaban J connectivity index is 1.69. The Bertz CT molecular complexity index is 379. The van der Waals surface area contributed by atoms with Crippen molar-refractivity contribution in [1.82, 2.24) is 5.32 Å². The van der Waals surface area contributed by atoms with Crippen molar-refractivity contribution in [3.8, 4) is 0 Å². The van der Waals surface area contributed by atoms with Crippen LogP contribution in [-0.4, -0.2) is 23.2 Å². The molecule has 0 radical (unpaired) electrons. The lowest BCUT2D eigenvalue weighted by atomic mass is 9.77. The van der Waals surface area contributed by atoms with E-state index in [-0.39, 0.29) is 18.1 Å². The molecule has 0 spiro atoms. The highest BCUT2D eigenvalue weighted by molar-refractivity contribution is 5.77. The van der Waals surface area contributed by atoms with Crippen molar-refractivity contribution in [2.45, 2.75) is 44.1 Å². The average Bonchev–Trinajstić information content (AvgIpc) is 2.35. The van der Waals surface area contributed by atoms with E-state index in [1.165, 1.54) is 5.56 Å². The fourth-order valence-electron chi connectivity index (χ4n) is 2.38. The van der Waals surface area contributed by atoms with Gasteiger partial charge in [0, 0.05) is 6.42 Å². The minimum atomic E-state index is -0.302. The maximum atomic E-state index is 11.8. The van der Waals surface area contributed by atoms with E-state index in [1.54, 1.807) is 0 Å². The summed E-state index contributed by atoms with van der Waals surface area (Å²) >= 11 is 0. The van der Waals surface area contributed by atoms with Gasteiger partial charge in [-0.25, -0.2) is 0 Å². The quantitative estimate of drug-likeness (QED) is 0.808. The van der Waals surface area contributed by atoms with Gasteiger partial charge in [-0.15, -0.1) is 0 Å². The molecule has 98 valence electrons. The van der Waals surface area contributed by atoms with Crippen molar-refractivity contribution in [1.29, 1.82) is 0 Å². The molecule has 2 rings (SSSR count). The Hall–Kier alpha value is -1.35. The first kappa shape index (κ1) is 13.1. The van der Waals surface area contributed by atoms with Crippen LogP contribution in [0.25, 0.3) is 0 Å². The number of rotatable bonds is 6. The van der Waals surface area contributed by atoms with E-state index >= 15 is 0 Å². The van der Waals surface area contributed by atoms with E-state index in [2.05, 4.69) is 17.4 Å². The maximum absolute atomic E-state index is 11.8. The molecule has 0 atom stereocenters. The van der Waals surface area contributed by atoms with Crippen molar-refractivity contribution < 1.29 is 9.90 Å². The zero-order valence-corrected chi connectivity index (χ0v) is 10.7. The SMILES string of the molecule is O=C(CCCc1ccccc1)NC1(CO)CCC1. The van der Waals surface area contributed by atoms with Crippen LogP contribution in [0.1, 0.15) is 37.7 Å². The lowest BCUT2D eigenvalue weighted by molar-refractivity contribution is -0.125. The van der Waals surface area contributed by atoms with Crippen molar-refractivity contribution in [3.63, 3.8) is 0 Å². The second-order valence-corrected chi connectivity index (χ2v) is 5.18. The van der Waals surface area contributed by atoms with Crippen LogP contribution in [0.5, 0.6) is 0 Å². The Kier molecular flexibility index (Phi) is 4.37. The smallest absolute Gasteiger partial charge is 0.220 e. The van der Waals surface area contributed by atoms with Crippen molar-refractivity contribution in [2.24, 2.45) is 0 Å². The number of benzene rings is 1. The molecular formula is C15H21NO2. The molecule has 1 amide bonds. The fraction of sp³-hybridized carbons (Fsp3) is 0.533. The van der Waals surface area contributed by atoms with Crippen LogP contribution < -0.4 is 5.32 Å². The summed E-state index contributed by atoms with van der Waals surface area (Å²) < 4.78 is 0. The first-order valence-electron chi connectivity index (χ1n) is 6.70. The van der Waals surface area contributed by atoms with E-state index in [9.17, 15) is 9.90 Å². The first-order valence-corrected chi connectivity index (χ1v) is 6.70. The van der Waals surface area contributed by atoms with Gasteiger partial charge in [0.25, 0.3) is 0 Å². The number of aliphatic hydroxyl groups is 1. The van der Waals surface area contributed by atoms with Gasteiger partial charge in [0.2, 0.25) is 5.91 Å². The predicted molar refractivity (Wildman–Crippen MR) is 71.2 cm³/mol. The van der Waals surface area contributed by atoms with Crippen LogP contribution in [0.3, 0.4) is 0 Å². The van der Waals surface area contributed by atoms with Crippen LogP contribution >= 0.6 is 0 Å². The number of hydrogen-bond acceptors (Lipinski definition) is 2. The Morgan fingerprint density at radius 3 is 2.56 bits per heavy atom. The summed E-state index contributed by atoms with van der Waals surface area (Å²) in [5.41, 5.74) is 0.968. The second-order valence-electron chi connectivity index (χ2n) is 5.18. The van der Waals surface area contributed by atoms with Crippen molar-refractivity contribution in [3.05, 3.63) is 35.9 Å². The van der Waals surface area contributed by atoms with Gasteiger partial charge in [-0.05, 0) is 37.7 Å². The van der Waals surface area contributed by atoms with Crippen LogP contribution in [0.4, 0.5) is 0 Å². The van der Waals surface area contributed by atoms with Crippen LogP contribution in [0.15, 0.2) is 30.3 Å². The van der Waals surface area contributed by atoms with E-state index in [1.807, 2.05) is 18.2 Å². The number of nitrogens with one attached hydrogen (secondary N) is 1. The van der Waals surface area contributed by atoms with E-state index in [0.29, 0.717) is 6.42 Å². The Morgan fingerprint density at radius 2 is 2.00 bits per heavy atom. The van der Waals surface area contributed by atoms with Gasteiger partial charge in [-0.1, -0.05) is 30.3 Å². The third-order valence-corrected chi connectivity index (χ3v) is 3.73. The minimum absolute atomic E-state index is 0.0669. The van der Waals surface area contributed by atoms with Crippen LogP contribution in [0.2, 0.25) is 0 Å². The highest BCUT2D eigenvalue weighted by Gasteiger charge is 2.37. The molecule has 18 heavy (non-hydrogen) atoms. The van der Waals surface area contributed by atoms with Gasteiger partial charge in [-0.3, -0.25) is 4.79 Å². The molecule has 0 heterocycles. The molecular weight excluding hydrogens is 226 g/mol. The molecule has 1 saturated carbocycles. The molecule has 0 aromatic heterocycles. The number of carbonyl (C=O) groups excluding carboxylic acids is 1. The van der Waals surface area contributed by atoms with E-state index in [0.717, 1.165) is 32.1 Å². The van der Waals surface area contributed by atoms with Gasteiger partial charge < -0.3 is 10.4 Å². The number of aliphatic hydroxyl groups excluding tert-OH is 1. The molecule has 3 heteroatoms. The molecule has 2 N–H and O–H groups in total. The fourth-order valence-corrected chi connectivity index (χ4v) is 2.38. The summed E-state index contributed by atoms with van der Waals surface area (Å²) in [5, 5.41) is 12.3.